The van der Waals surface area contributed by atoms with Crippen molar-refractivity contribution in [1.29, 1.82) is 0 Å². The number of thioether (sulfide) groups is 1. The zero-order valence-corrected chi connectivity index (χ0v) is 51.8. The number of H-pyrrole nitrogens is 1. The maximum atomic E-state index is 14.2. The lowest BCUT2D eigenvalue weighted by Gasteiger charge is -2.39. The van der Waals surface area contributed by atoms with Gasteiger partial charge in [-0.1, -0.05) is 49.2 Å². The molecule has 4 N–H and O–H groups in total. The average molecular weight is 1260 g/mol. The quantitative estimate of drug-likeness (QED) is 0.0145. The van der Waals surface area contributed by atoms with E-state index in [1.54, 1.807) is 47.1 Å². The molecule has 4 aliphatic heterocycles. The largest absolute Gasteiger partial charge is 0.455 e. The van der Waals surface area contributed by atoms with Crippen LogP contribution in [0.2, 0.25) is 5.02 Å². The molecule has 3 saturated heterocycles. The smallest absolute Gasteiger partial charge is 0.293 e. The number of piperazine rings is 1. The summed E-state index contributed by atoms with van der Waals surface area (Å²) >= 11 is 7.86. The highest BCUT2D eigenvalue weighted by Gasteiger charge is 2.40. The van der Waals surface area contributed by atoms with Crippen LogP contribution in [0.25, 0.3) is 16.6 Å². The van der Waals surface area contributed by atoms with E-state index in [1.165, 1.54) is 41.1 Å². The Morgan fingerprint density at radius 2 is 1.72 bits per heavy atom. The van der Waals surface area contributed by atoms with Gasteiger partial charge in [-0.25, -0.2) is 18.1 Å². The van der Waals surface area contributed by atoms with Crippen molar-refractivity contribution in [3.63, 3.8) is 0 Å². The third kappa shape index (κ3) is 15.0. The maximum absolute atomic E-state index is 14.2. The number of fused-ring (bicyclic) bond motifs is 2. The Morgan fingerprint density at radius 3 is 2.51 bits per heavy atom. The molecule has 0 saturated carbocycles. The van der Waals surface area contributed by atoms with Crippen LogP contribution in [0, 0.1) is 21.4 Å². The van der Waals surface area contributed by atoms with Crippen molar-refractivity contribution in [3.05, 3.63) is 146 Å². The van der Waals surface area contributed by atoms with Crippen LogP contribution in [-0.4, -0.2) is 159 Å². The third-order valence-corrected chi connectivity index (χ3v) is 19.8. The van der Waals surface area contributed by atoms with Gasteiger partial charge in [0.05, 0.1) is 48.0 Å². The number of likely N-dealkylation sites (tertiary alicyclic amines) is 1. The Balaban J connectivity index is 0.653. The summed E-state index contributed by atoms with van der Waals surface area (Å²) in [4.78, 5) is 80.0. The van der Waals surface area contributed by atoms with Crippen LogP contribution >= 0.6 is 23.4 Å². The zero-order chi connectivity index (χ0) is 61.5. The minimum absolute atomic E-state index is 0.0589. The molecule has 1 aliphatic carbocycles. The van der Waals surface area contributed by atoms with Crippen molar-refractivity contribution in [2.24, 2.45) is 11.3 Å². The van der Waals surface area contributed by atoms with E-state index in [9.17, 15) is 37.7 Å². The molecule has 24 heteroatoms. The van der Waals surface area contributed by atoms with E-state index in [1.807, 2.05) is 30.3 Å². The number of rotatable bonds is 24. The number of carbonyl (C=O) groups is 4. The number of aromatic nitrogens is 2. The summed E-state index contributed by atoms with van der Waals surface area (Å²) in [6, 6.07) is 25.3. The molecule has 0 spiro atoms. The van der Waals surface area contributed by atoms with Gasteiger partial charge in [0, 0.05) is 116 Å². The fraction of sp³-hybridized carbons (Fsp3) is 0.422. The molecule has 3 fully saturated rings. The summed E-state index contributed by atoms with van der Waals surface area (Å²) in [7, 11) is -4.64. The number of allylic oxidation sites excluding steroid dienone is 1. The third-order valence-electron chi connectivity index (χ3n) is 17.2. The predicted octanol–water partition coefficient (Wildman–Crippen LogP) is 9.53. The molecule has 6 aromatic rings. The topological polar surface area (TPSA) is 251 Å². The maximum Gasteiger partial charge on any atom is 0.293 e. The van der Waals surface area contributed by atoms with Crippen LogP contribution in [0.5, 0.6) is 11.5 Å². The second-order valence-electron chi connectivity index (χ2n) is 23.9. The first-order chi connectivity index (χ1) is 42.4. The summed E-state index contributed by atoms with van der Waals surface area (Å²) < 4.78 is 48.3. The first-order valence-electron chi connectivity index (χ1n) is 30.0. The minimum Gasteiger partial charge on any atom is -0.455 e. The van der Waals surface area contributed by atoms with Crippen molar-refractivity contribution in [1.82, 2.24) is 34.7 Å². The van der Waals surface area contributed by atoms with Crippen molar-refractivity contribution < 1.29 is 46.7 Å². The number of hydrogen-bond acceptors (Lipinski definition) is 17. The number of hydrogen-bond donors (Lipinski definition) is 4. The van der Waals surface area contributed by atoms with Crippen molar-refractivity contribution >= 4 is 90.7 Å². The van der Waals surface area contributed by atoms with E-state index in [2.05, 4.69) is 66.0 Å². The lowest BCUT2D eigenvalue weighted by molar-refractivity contribution is -0.384. The normalized spacial score (nSPS) is 19.2. The number of nitro groups is 1. The van der Waals surface area contributed by atoms with E-state index in [-0.39, 0.29) is 46.6 Å². The number of nitrogens with zero attached hydrogens (tertiary/aromatic N) is 6. The fourth-order valence-corrected chi connectivity index (χ4v) is 14.4. The van der Waals surface area contributed by atoms with Crippen molar-refractivity contribution in [2.45, 2.75) is 81.2 Å². The lowest BCUT2D eigenvalue weighted by atomic mass is 9.72. The molecule has 88 heavy (non-hydrogen) atoms. The van der Waals surface area contributed by atoms with Gasteiger partial charge in [-0.2, -0.15) is 0 Å². The van der Waals surface area contributed by atoms with Crippen LogP contribution in [0.3, 0.4) is 0 Å². The average Bonchev–Trinajstić information content (AvgIpc) is 1.80. The van der Waals surface area contributed by atoms with Gasteiger partial charge in [0.25, 0.3) is 27.5 Å². The molecule has 5 aliphatic rings. The number of ether oxygens (including phenoxy) is 3. The van der Waals surface area contributed by atoms with Crippen molar-refractivity contribution in [3.8, 4) is 11.5 Å². The molecule has 11 rings (SSSR count). The molecule has 2 atom stereocenters. The van der Waals surface area contributed by atoms with Gasteiger partial charge in [0.1, 0.15) is 28.9 Å². The number of anilines is 2. The Hall–Kier alpha value is -7.38. The number of halogens is 1. The molecule has 6 heterocycles. The van der Waals surface area contributed by atoms with Crippen LogP contribution in [-0.2, 0) is 35.6 Å². The summed E-state index contributed by atoms with van der Waals surface area (Å²) in [6.45, 7) is 13.4. The Morgan fingerprint density at radius 1 is 0.909 bits per heavy atom. The monoisotopic (exact) mass is 1260 g/mol. The van der Waals surface area contributed by atoms with Crippen LogP contribution < -0.4 is 25.0 Å². The van der Waals surface area contributed by atoms with Gasteiger partial charge in [-0.15, -0.1) is 11.8 Å². The molecule has 0 bridgehead atoms. The number of amides is 4. The number of aromatic amines is 1. The lowest BCUT2D eigenvalue weighted by Crippen LogP contribution is -2.52. The number of piperidine rings is 2. The Bertz CT molecular complexity index is 3740. The molecule has 2 unspecified atom stereocenters. The minimum atomic E-state index is -4.64. The van der Waals surface area contributed by atoms with Gasteiger partial charge in [0.2, 0.25) is 11.8 Å². The van der Waals surface area contributed by atoms with E-state index >= 15 is 0 Å². The SMILES string of the molecule is CC1(C)CCC(CN2CCN(c3ccc(C(=O)NS(=O)(=O)c4ccc(NCC5CCCN(CCOCCOCCSc6cccc7c6CN(C6CCC(=O)NC6=O)C7=O)C5)c([N+](=O)[O-])c4)c(Oc4cnc5[nH]ccc5c4)c3)CC2)=C(c2ccc(Cl)cc2)C1. The summed E-state index contributed by atoms with van der Waals surface area (Å²) in [5.41, 5.74) is 6.83. The molecular formula is C64H73ClN10O11S2. The Kier molecular flexibility index (Phi) is 19.5. The first kappa shape index (κ1) is 62.2. The molecular weight excluding hydrogens is 1180 g/mol. The zero-order valence-electron chi connectivity index (χ0n) is 49.4. The number of benzene rings is 4. The van der Waals surface area contributed by atoms with Crippen LogP contribution in [0.1, 0.15) is 90.6 Å². The van der Waals surface area contributed by atoms with E-state index < -0.39 is 43.4 Å². The predicted molar refractivity (Wildman–Crippen MR) is 338 cm³/mol. The molecule has 21 nitrogen and oxygen atoms in total. The van der Waals surface area contributed by atoms with Gasteiger partial charge in [0.15, 0.2) is 0 Å². The highest BCUT2D eigenvalue weighted by atomic mass is 35.5. The van der Waals surface area contributed by atoms with Crippen molar-refractivity contribution in [2.75, 3.05) is 101 Å². The van der Waals surface area contributed by atoms with E-state index in [4.69, 9.17) is 25.8 Å². The van der Waals surface area contributed by atoms with Gasteiger partial charge in [-0.3, -0.25) is 39.5 Å². The van der Waals surface area contributed by atoms with Crippen LogP contribution in [0.4, 0.5) is 17.1 Å². The first-order valence-corrected chi connectivity index (χ1v) is 32.8. The number of imide groups is 1. The highest BCUT2D eigenvalue weighted by molar-refractivity contribution is 7.99. The number of nitrogens with one attached hydrogen (secondary N) is 4. The molecule has 4 amide bonds. The molecule has 0 radical (unpaired) electrons. The number of sulfonamides is 1. The number of nitro benzene ring substituents is 1. The standard InChI is InChI=1S/C64H73ClN10O11S2/c1-64(2)20-18-45(52(36-64)43-8-10-46(65)11-9-43)40-72-23-25-73(26-24-72)47-12-14-51(57(34-47)86-48-33-44-19-21-66-60(44)68-38-48)61(77)70-88(82,83)49-13-15-54(56(35-49)75(80)81)67-37-42-5-4-22-71(39-42)27-28-84-29-30-85-31-32-87-58-7-3-6-50-53(58)41-74(63(50)79)55-16-17-59(76)69-62(55)78/h3,6-15,19,21,33-35,38,42,55,67H,4-5,16-18,20,22-32,36-37,39-41H2,1-2H3,(H,66,68)(H,70,77)(H,69,76,78). The molecule has 2 aromatic heterocycles. The van der Waals surface area contributed by atoms with Gasteiger partial charge < -0.3 is 39.2 Å². The summed E-state index contributed by atoms with van der Waals surface area (Å²) in [5, 5.41) is 19.5. The second-order valence-corrected chi connectivity index (χ2v) is 27.1. The van der Waals surface area contributed by atoms with Gasteiger partial charge >= 0.3 is 0 Å². The number of carbonyl (C=O) groups excluding carboxylic acids is 4. The second kappa shape index (κ2) is 27.6. The van der Waals surface area contributed by atoms with Crippen LogP contribution in [0.15, 0.2) is 119 Å². The highest BCUT2D eigenvalue weighted by Crippen LogP contribution is 2.44. The van der Waals surface area contributed by atoms with Gasteiger partial charge in [-0.05, 0) is 134 Å². The van der Waals surface area contributed by atoms with E-state index in [0.29, 0.717) is 88.3 Å². The Labute approximate surface area is 521 Å². The number of pyridine rings is 1. The van der Waals surface area contributed by atoms with E-state index in [0.717, 1.165) is 97.4 Å². The molecule has 4 aromatic carbocycles. The fourth-order valence-electron chi connectivity index (χ4n) is 12.4. The molecule has 464 valence electrons. The summed E-state index contributed by atoms with van der Waals surface area (Å²) in [5.74, 6) is -0.679. The summed E-state index contributed by atoms with van der Waals surface area (Å²) in [6.07, 6.45) is 8.76.